The molecule has 0 fully saturated rings. The average Bonchev–Trinajstić information content (AvgIpc) is 2.67. The molecule has 1 aromatic heterocycles. The van der Waals surface area contributed by atoms with E-state index in [0.717, 1.165) is 4.90 Å². The third kappa shape index (κ3) is 2.15. The van der Waals surface area contributed by atoms with Crippen molar-refractivity contribution in [2.24, 2.45) is 0 Å². The number of benzene rings is 1. The van der Waals surface area contributed by atoms with Gasteiger partial charge in [-0.15, -0.1) is 10.2 Å². The number of nitrogens with two attached hydrogens (primary N) is 1. The fraction of sp³-hybridized carbons (Fsp3) is 0.100. The monoisotopic (exact) mass is 232 g/mol. The first-order valence-electron chi connectivity index (χ1n) is 4.46. The maximum atomic E-state index is 8.69. The first-order valence-corrected chi connectivity index (χ1v) is 5.28. The molecule has 16 heavy (non-hydrogen) atoms. The Kier molecular flexibility index (Phi) is 2.79. The molecule has 0 unspecified atom stereocenters. The van der Waals surface area contributed by atoms with Crippen molar-refractivity contribution in [1.82, 2.24) is 10.2 Å². The lowest BCUT2D eigenvalue weighted by Gasteiger charge is -2.01. The van der Waals surface area contributed by atoms with Crippen molar-refractivity contribution in [3.05, 3.63) is 29.7 Å². The van der Waals surface area contributed by atoms with Crippen LogP contribution in [-0.4, -0.2) is 10.2 Å². The Labute approximate surface area is 96.3 Å². The Morgan fingerprint density at radius 2 is 2.25 bits per heavy atom. The van der Waals surface area contributed by atoms with Gasteiger partial charge in [0.15, 0.2) is 0 Å². The number of nitriles is 1. The summed E-state index contributed by atoms with van der Waals surface area (Å²) in [5.74, 6) is 0.509. The number of hydrogen-bond acceptors (Lipinski definition) is 6. The summed E-state index contributed by atoms with van der Waals surface area (Å²) in [6.07, 6.45) is 0. The van der Waals surface area contributed by atoms with Gasteiger partial charge in [0.2, 0.25) is 5.89 Å². The Balaban J connectivity index is 2.26. The van der Waals surface area contributed by atoms with E-state index in [-0.39, 0.29) is 0 Å². The number of rotatable bonds is 2. The molecule has 0 amide bonds. The van der Waals surface area contributed by atoms with Crippen LogP contribution in [0.5, 0.6) is 0 Å². The van der Waals surface area contributed by atoms with Gasteiger partial charge in [0, 0.05) is 17.5 Å². The van der Waals surface area contributed by atoms with E-state index in [1.54, 1.807) is 25.1 Å². The van der Waals surface area contributed by atoms with Crippen LogP contribution in [0, 0.1) is 18.3 Å². The number of anilines is 1. The summed E-state index contributed by atoms with van der Waals surface area (Å²) >= 11 is 1.28. The Morgan fingerprint density at radius 3 is 2.81 bits per heavy atom. The summed E-state index contributed by atoms with van der Waals surface area (Å²) in [6.45, 7) is 1.72. The summed E-state index contributed by atoms with van der Waals surface area (Å²) in [5, 5.41) is 16.7. The zero-order chi connectivity index (χ0) is 11.5. The SMILES string of the molecule is Cc1nnc(Sc2ccc(C#N)cc2N)o1. The van der Waals surface area contributed by atoms with Crippen molar-refractivity contribution in [3.8, 4) is 6.07 Å². The standard InChI is InChI=1S/C10H8N4OS/c1-6-13-14-10(15-6)16-9-3-2-7(5-11)4-8(9)12/h2-4H,12H2,1H3. The van der Waals surface area contributed by atoms with Crippen molar-refractivity contribution in [2.45, 2.75) is 17.0 Å². The molecule has 1 heterocycles. The molecular weight excluding hydrogens is 224 g/mol. The van der Waals surface area contributed by atoms with E-state index in [0.29, 0.717) is 22.4 Å². The van der Waals surface area contributed by atoms with Crippen LogP contribution in [0.2, 0.25) is 0 Å². The van der Waals surface area contributed by atoms with E-state index >= 15 is 0 Å². The molecule has 2 rings (SSSR count). The fourth-order valence-corrected chi connectivity index (χ4v) is 1.87. The molecule has 0 aliphatic carbocycles. The lowest BCUT2D eigenvalue weighted by atomic mass is 10.2. The maximum Gasteiger partial charge on any atom is 0.281 e. The summed E-state index contributed by atoms with van der Waals surface area (Å²) < 4.78 is 5.22. The molecule has 5 nitrogen and oxygen atoms in total. The first-order chi connectivity index (χ1) is 7.69. The Bertz CT molecular complexity index is 558. The Hall–Kier alpha value is -2.00. The fourth-order valence-electron chi connectivity index (χ4n) is 1.12. The largest absolute Gasteiger partial charge is 0.416 e. The van der Waals surface area contributed by atoms with E-state index in [9.17, 15) is 0 Å². The van der Waals surface area contributed by atoms with Crippen LogP contribution in [0.3, 0.4) is 0 Å². The molecule has 0 aliphatic rings. The van der Waals surface area contributed by atoms with Gasteiger partial charge < -0.3 is 10.2 Å². The van der Waals surface area contributed by atoms with Gasteiger partial charge in [-0.1, -0.05) is 0 Å². The van der Waals surface area contributed by atoms with Gasteiger partial charge >= 0.3 is 0 Å². The van der Waals surface area contributed by atoms with Crippen LogP contribution < -0.4 is 5.73 Å². The highest BCUT2D eigenvalue weighted by Crippen LogP contribution is 2.31. The zero-order valence-corrected chi connectivity index (χ0v) is 9.28. The van der Waals surface area contributed by atoms with Gasteiger partial charge in [-0.05, 0) is 30.0 Å². The van der Waals surface area contributed by atoms with Crippen molar-refractivity contribution in [3.63, 3.8) is 0 Å². The predicted molar refractivity (Wildman–Crippen MR) is 58.7 cm³/mol. The van der Waals surface area contributed by atoms with E-state index in [1.807, 2.05) is 6.07 Å². The number of hydrogen-bond donors (Lipinski definition) is 1. The van der Waals surface area contributed by atoms with Crippen LogP contribution in [0.25, 0.3) is 0 Å². The lowest BCUT2D eigenvalue weighted by Crippen LogP contribution is -1.89. The van der Waals surface area contributed by atoms with Gasteiger partial charge in [-0.3, -0.25) is 0 Å². The van der Waals surface area contributed by atoms with Gasteiger partial charge in [0.1, 0.15) is 0 Å². The number of nitrogen functional groups attached to an aromatic ring is 1. The second kappa shape index (κ2) is 4.24. The number of aromatic nitrogens is 2. The second-order valence-electron chi connectivity index (χ2n) is 3.05. The molecular formula is C10H8N4OS. The highest BCUT2D eigenvalue weighted by Gasteiger charge is 2.08. The molecule has 0 atom stereocenters. The van der Waals surface area contributed by atoms with Crippen LogP contribution in [0.4, 0.5) is 5.69 Å². The minimum Gasteiger partial charge on any atom is -0.416 e. The third-order valence-electron chi connectivity index (χ3n) is 1.84. The summed E-state index contributed by atoms with van der Waals surface area (Å²) in [4.78, 5) is 0.794. The van der Waals surface area contributed by atoms with Gasteiger partial charge in [-0.2, -0.15) is 5.26 Å². The van der Waals surface area contributed by atoms with Crippen LogP contribution >= 0.6 is 11.8 Å². The molecule has 0 bridgehead atoms. The third-order valence-corrected chi connectivity index (χ3v) is 2.77. The minimum absolute atomic E-state index is 0.439. The topological polar surface area (TPSA) is 88.7 Å². The molecule has 2 aromatic rings. The van der Waals surface area contributed by atoms with E-state index in [4.69, 9.17) is 15.4 Å². The molecule has 6 heteroatoms. The van der Waals surface area contributed by atoms with Crippen LogP contribution in [-0.2, 0) is 0 Å². The minimum atomic E-state index is 0.439. The van der Waals surface area contributed by atoms with Crippen molar-refractivity contribution in [1.29, 1.82) is 5.26 Å². The molecule has 0 saturated carbocycles. The molecule has 0 spiro atoms. The quantitative estimate of drug-likeness (QED) is 0.796. The van der Waals surface area contributed by atoms with Gasteiger partial charge in [-0.25, -0.2) is 0 Å². The first kappa shape index (κ1) is 10.5. The summed E-state index contributed by atoms with van der Waals surface area (Å²) in [7, 11) is 0. The zero-order valence-electron chi connectivity index (χ0n) is 8.47. The van der Waals surface area contributed by atoms with Gasteiger partial charge in [0.05, 0.1) is 11.6 Å². The Morgan fingerprint density at radius 1 is 1.44 bits per heavy atom. The van der Waals surface area contributed by atoms with E-state index in [2.05, 4.69) is 10.2 Å². The molecule has 80 valence electrons. The van der Waals surface area contributed by atoms with Crippen molar-refractivity contribution >= 4 is 17.4 Å². The van der Waals surface area contributed by atoms with Crippen molar-refractivity contribution < 1.29 is 4.42 Å². The van der Waals surface area contributed by atoms with Gasteiger partial charge in [0.25, 0.3) is 5.22 Å². The predicted octanol–water partition coefficient (Wildman–Crippen LogP) is 1.98. The number of aryl methyl sites for hydroxylation is 1. The number of nitrogens with zero attached hydrogens (tertiary/aromatic N) is 3. The smallest absolute Gasteiger partial charge is 0.281 e. The van der Waals surface area contributed by atoms with E-state index < -0.39 is 0 Å². The molecule has 2 N–H and O–H groups in total. The normalized spacial score (nSPS) is 10.0. The molecule has 0 radical (unpaired) electrons. The summed E-state index contributed by atoms with van der Waals surface area (Å²) in [6, 6.07) is 7.10. The average molecular weight is 232 g/mol. The highest BCUT2D eigenvalue weighted by atomic mass is 32.2. The highest BCUT2D eigenvalue weighted by molar-refractivity contribution is 7.99. The molecule has 1 aromatic carbocycles. The second-order valence-corrected chi connectivity index (χ2v) is 4.05. The maximum absolute atomic E-state index is 8.69. The lowest BCUT2D eigenvalue weighted by molar-refractivity contribution is 0.429. The molecule has 0 saturated heterocycles. The van der Waals surface area contributed by atoms with Crippen LogP contribution in [0.1, 0.15) is 11.5 Å². The van der Waals surface area contributed by atoms with Crippen LogP contribution in [0.15, 0.2) is 32.7 Å². The van der Waals surface area contributed by atoms with E-state index in [1.165, 1.54) is 11.8 Å². The summed E-state index contributed by atoms with van der Waals surface area (Å²) in [5.41, 5.74) is 6.85. The van der Waals surface area contributed by atoms with Crippen molar-refractivity contribution in [2.75, 3.05) is 5.73 Å². The molecule has 0 aliphatic heterocycles.